The number of aromatic nitrogens is 4. The van der Waals surface area contributed by atoms with Crippen molar-refractivity contribution in [2.75, 3.05) is 6.26 Å². The number of ketones is 1. The number of benzene rings is 1. The first-order chi connectivity index (χ1) is 11.2. The van der Waals surface area contributed by atoms with Gasteiger partial charge in [-0.3, -0.25) is 4.79 Å². The molecule has 1 unspecified atom stereocenters. The molecule has 1 aliphatic carbocycles. The van der Waals surface area contributed by atoms with Crippen molar-refractivity contribution >= 4 is 23.3 Å². The van der Waals surface area contributed by atoms with Crippen molar-refractivity contribution in [2.24, 2.45) is 0 Å². The number of fused-ring (bicyclic) bond motifs is 3. The first-order valence-corrected chi connectivity index (χ1v) is 8.76. The molecule has 0 radical (unpaired) electrons. The maximum atomic E-state index is 12.6. The molecule has 23 heavy (non-hydrogen) atoms. The predicted octanol–water partition coefficient (Wildman–Crippen LogP) is 3.07. The summed E-state index contributed by atoms with van der Waals surface area (Å²) in [5, 5.41) is 5.16. The van der Waals surface area contributed by atoms with Gasteiger partial charge in [-0.15, -0.1) is 5.10 Å². The zero-order valence-corrected chi connectivity index (χ0v) is 13.8. The molecular formula is C17H16N4OS. The third kappa shape index (κ3) is 2.43. The molecule has 0 saturated carbocycles. The minimum atomic E-state index is 0.133. The Bertz CT molecular complexity index is 918. The molecule has 4 rings (SSSR count). The average molecular weight is 324 g/mol. The summed E-state index contributed by atoms with van der Waals surface area (Å²) in [5.41, 5.74) is 4.02. The number of aryl methyl sites for hydroxylation is 1. The van der Waals surface area contributed by atoms with E-state index in [0.29, 0.717) is 22.9 Å². The monoisotopic (exact) mass is 324 g/mol. The Hall–Kier alpha value is -2.21. The van der Waals surface area contributed by atoms with Crippen molar-refractivity contribution in [3.05, 3.63) is 52.8 Å². The van der Waals surface area contributed by atoms with Crippen LogP contribution in [0, 0.1) is 6.92 Å². The highest BCUT2D eigenvalue weighted by Crippen LogP contribution is 2.33. The predicted molar refractivity (Wildman–Crippen MR) is 89.1 cm³/mol. The normalized spacial score (nSPS) is 17.5. The molecule has 1 atom stereocenters. The van der Waals surface area contributed by atoms with Gasteiger partial charge in [0.15, 0.2) is 5.78 Å². The van der Waals surface area contributed by atoms with Gasteiger partial charge in [0.2, 0.25) is 5.16 Å². The summed E-state index contributed by atoms with van der Waals surface area (Å²) in [6.07, 6.45) is 4.88. The number of hydrogen-bond donors (Lipinski definition) is 0. The molecule has 0 saturated heterocycles. The van der Waals surface area contributed by atoms with E-state index in [4.69, 9.17) is 0 Å². The van der Waals surface area contributed by atoms with Crippen LogP contribution in [0.4, 0.5) is 0 Å². The highest BCUT2D eigenvalue weighted by Gasteiger charge is 2.29. The van der Waals surface area contributed by atoms with Gasteiger partial charge in [0.1, 0.15) is 0 Å². The van der Waals surface area contributed by atoms with E-state index in [1.165, 1.54) is 22.9 Å². The number of carbonyl (C=O) groups is 1. The van der Waals surface area contributed by atoms with Crippen LogP contribution < -0.4 is 0 Å². The van der Waals surface area contributed by atoms with Gasteiger partial charge in [0.25, 0.3) is 5.78 Å². The molecule has 0 amide bonds. The van der Waals surface area contributed by atoms with E-state index in [0.717, 1.165) is 12.1 Å². The second kappa shape index (κ2) is 5.45. The number of hydrogen-bond acceptors (Lipinski definition) is 5. The Morgan fingerprint density at radius 3 is 2.96 bits per heavy atom. The fourth-order valence-electron chi connectivity index (χ4n) is 3.18. The van der Waals surface area contributed by atoms with Crippen molar-refractivity contribution in [2.45, 2.75) is 30.8 Å². The summed E-state index contributed by atoms with van der Waals surface area (Å²) in [4.78, 5) is 21.2. The molecule has 6 heteroatoms. The Balaban J connectivity index is 1.83. The fourth-order valence-corrected chi connectivity index (χ4v) is 3.51. The van der Waals surface area contributed by atoms with E-state index in [9.17, 15) is 4.79 Å². The molecular weight excluding hydrogens is 308 g/mol. The Labute approximate surface area is 138 Å². The fraction of sp³-hybridized carbons (Fsp3) is 0.294. The molecule has 1 aliphatic rings. The lowest BCUT2D eigenvalue weighted by atomic mass is 9.82. The van der Waals surface area contributed by atoms with Gasteiger partial charge in [-0.25, -0.2) is 4.98 Å². The summed E-state index contributed by atoms with van der Waals surface area (Å²) >= 11 is 1.48. The van der Waals surface area contributed by atoms with Crippen LogP contribution in [-0.4, -0.2) is 31.6 Å². The molecule has 0 bridgehead atoms. The SMILES string of the molecule is CSc1nc2ncc3c(n2n1)CC(c1cccc(C)c1)CC3=O. The number of carbonyl (C=O) groups excluding carboxylic acids is 1. The summed E-state index contributed by atoms with van der Waals surface area (Å²) in [5.74, 6) is 0.876. The number of rotatable bonds is 2. The zero-order chi connectivity index (χ0) is 16.0. The zero-order valence-electron chi connectivity index (χ0n) is 13.0. The maximum Gasteiger partial charge on any atom is 0.253 e. The van der Waals surface area contributed by atoms with Gasteiger partial charge < -0.3 is 0 Å². The lowest BCUT2D eigenvalue weighted by Crippen LogP contribution is -2.22. The molecule has 0 aliphatic heterocycles. The minimum Gasteiger partial charge on any atom is -0.294 e. The molecule has 0 N–H and O–H groups in total. The number of nitrogens with zero attached hydrogens (tertiary/aromatic N) is 4. The van der Waals surface area contributed by atoms with Crippen LogP contribution in [0.1, 0.15) is 39.5 Å². The largest absolute Gasteiger partial charge is 0.294 e. The van der Waals surface area contributed by atoms with Gasteiger partial charge >= 0.3 is 0 Å². The van der Waals surface area contributed by atoms with Crippen LogP contribution in [0.25, 0.3) is 5.78 Å². The smallest absolute Gasteiger partial charge is 0.253 e. The first-order valence-electron chi connectivity index (χ1n) is 7.54. The molecule has 3 aromatic rings. The van der Waals surface area contributed by atoms with Crippen molar-refractivity contribution in [1.82, 2.24) is 19.6 Å². The second-order valence-electron chi connectivity index (χ2n) is 5.87. The lowest BCUT2D eigenvalue weighted by molar-refractivity contribution is 0.0962. The van der Waals surface area contributed by atoms with Gasteiger partial charge in [-0.1, -0.05) is 41.6 Å². The van der Waals surface area contributed by atoms with Gasteiger partial charge in [-0.05, 0) is 31.1 Å². The van der Waals surface area contributed by atoms with Crippen LogP contribution in [0.15, 0.2) is 35.6 Å². The maximum absolute atomic E-state index is 12.6. The number of thioether (sulfide) groups is 1. The van der Waals surface area contributed by atoms with Crippen LogP contribution in [-0.2, 0) is 6.42 Å². The topological polar surface area (TPSA) is 60.1 Å². The summed E-state index contributed by atoms with van der Waals surface area (Å²) in [7, 11) is 0. The van der Waals surface area contributed by atoms with E-state index < -0.39 is 0 Å². The van der Waals surface area contributed by atoms with Crippen molar-refractivity contribution in [3.63, 3.8) is 0 Å². The highest BCUT2D eigenvalue weighted by atomic mass is 32.2. The summed E-state index contributed by atoms with van der Waals surface area (Å²) < 4.78 is 1.74. The van der Waals surface area contributed by atoms with Crippen molar-refractivity contribution in [1.29, 1.82) is 0 Å². The molecule has 0 fully saturated rings. The van der Waals surface area contributed by atoms with Gasteiger partial charge in [0, 0.05) is 12.6 Å². The van der Waals surface area contributed by atoms with Crippen molar-refractivity contribution < 1.29 is 4.79 Å². The van der Waals surface area contributed by atoms with E-state index >= 15 is 0 Å². The van der Waals surface area contributed by atoms with Crippen LogP contribution in [0.3, 0.4) is 0 Å². The molecule has 5 nitrogen and oxygen atoms in total. The molecule has 2 aromatic heterocycles. The molecule has 2 heterocycles. The summed E-state index contributed by atoms with van der Waals surface area (Å²) in [6, 6.07) is 8.39. The first kappa shape index (κ1) is 14.4. The molecule has 0 spiro atoms. The standard InChI is InChI=1S/C17H16N4OS/c1-10-4-3-5-11(6-10)12-7-14-13(15(22)8-12)9-18-16-19-17(23-2)20-21(14)16/h3-6,9,12H,7-8H2,1-2H3. The van der Waals surface area contributed by atoms with E-state index in [2.05, 4.69) is 40.2 Å². The van der Waals surface area contributed by atoms with E-state index in [1.807, 2.05) is 12.3 Å². The summed E-state index contributed by atoms with van der Waals surface area (Å²) in [6.45, 7) is 2.08. The Morgan fingerprint density at radius 2 is 2.17 bits per heavy atom. The van der Waals surface area contributed by atoms with Crippen LogP contribution >= 0.6 is 11.8 Å². The van der Waals surface area contributed by atoms with Gasteiger partial charge in [0.05, 0.1) is 11.3 Å². The second-order valence-corrected chi connectivity index (χ2v) is 6.64. The highest BCUT2D eigenvalue weighted by molar-refractivity contribution is 7.98. The average Bonchev–Trinajstić information content (AvgIpc) is 2.98. The molecule has 1 aromatic carbocycles. The Morgan fingerprint density at radius 1 is 1.30 bits per heavy atom. The van der Waals surface area contributed by atoms with E-state index in [1.54, 1.807) is 10.7 Å². The van der Waals surface area contributed by atoms with Crippen molar-refractivity contribution in [3.8, 4) is 0 Å². The minimum absolute atomic E-state index is 0.133. The van der Waals surface area contributed by atoms with Crippen LogP contribution in [0.2, 0.25) is 0 Å². The number of Topliss-reactive ketones (excluding diaryl/α,β-unsaturated/α-hetero) is 1. The molecule has 116 valence electrons. The van der Waals surface area contributed by atoms with Crippen LogP contribution in [0.5, 0.6) is 0 Å². The lowest BCUT2D eigenvalue weighted by Gasteiger charge is -2.24. The quantitative estimate of drug-likeness (QED) is 0.678. The van der Waals surface area contributed by atoms with Gasteiger partial charge in [-0.2, -0.15) is 9.50 Å². The third-order valence-corrected chi connectivity index (χ3v) is 4.85. The Kier molecular flexibility index (Phi) is 3.41. The third-order valence-electron chi connectivity index (χ3n) is 4.31. The van der Waals surface area contributed by atoms with E-state index in [-0.39, 0.29) is 11.7 Å².